The van der Waals surface area contributed by atoms with Crippen LogP contribution in [0.4, 0.5) is 0 Å². The first-order valence-electron chi connectivity index (χ1n) is 10.5. The van der Waals surface area contributed by atoms with E-state index in [4.69, 9.17) is 4.74 Å². The number of nitrogens with zero attached hydrogens (tertiary/aromatic N) is 1. The molecular formula is C22H33IN4O3S. The molecule has 2 aromatic carbocycles. The van der Waals surface area contributed by atoms with Crippen LogP contribution < -0.4 is 15.4 Å². The van der Waals surface area contributed by atoms with E-state index in [2.05, 4.69) is 51.5 Å². The summed E-state index contributed by atoms with van der Waals surface area (Å²) in [5.74, 6) is 0.546. The van der Waals surface area contributed by atoms with Crippen LogP contribution in [0.25, 0.3) is 10.8 Å². The second kappa shape index (κ2) is 12.6. The molecular weight excluding hydrogens is 527 g/mol. The molecule has 1 aliphatic rings. The number of ether oxygens (including phenoxy) is 1. The first-order valence-corrected chi connectivity index (χ1v) is 12.2. The maximum absolute atomic E-state index is 12.3. The average Bonchev–Trinajstić information content (AvgIpc) is 2.77. The molecule has 0 amide bonds. The van der Waals surface area contributed by atoms with E-state index >= 15 is 0 Å². The van der Waals surface area contributed by atoms with Crippen molar-refractivity contribution in [2.45, 2.75) is 38.3 Å². The van der Waals surface area contributed by atoms with E-state index in [1.54, 1.807) is 7.05 Å². The third-order valence-electron chi connectivity index (χ3n) is 5.33. The van der Waals surface area contributed by atoms with E-state index in [-0.39, 0.29) is 48.4 Å². The predicted molar refractivity (Wildman–Crippen MR) is 138 cm³/mol. The highest BCUT2D eigenvalue weighted by Gasteiger charge is 2.18. The summed E-state index contributed by atoms with van der Waals surface area (Å²) in [5.41, 5.74) is 1.16. The van der Waals surface area contributed by atoms with E-state index in [1.807, 2.05) is 18.2 Å². The Morgan fingerprint density at radius 2 is 1.97 bits per heavy atom. The smallest absolute Gasteiger partial charge is 0.213 e. The van der Waals surface area contributed by atoms with Crippen molar-refractivity contribution >= 4 is 50.7 Å². The van der Waals surface area contributed by atoms with Crippen LogP contribution in [0.2, 0.25) is 0 Å². The third kappa shape index (κ3) is 7.89. The minimum atomic E-state index is -3.37. The fourth-order valence-corrected chi connectivity index (χ4v) is 4.62. The molecule has 0 aromatic heterocycles. The molecule has 9 heteroatoms. The van der Waals surface area contributed by atoms with Crippen molar-refractivity contribution < 1.29 is 13.2 Å². The zero-order valence-corrected chi connectivity index (χ0v) is 21.3. The minimum Gasteiger partial charge on any atom is -0.377 e. The number of aliphatic imine (C=N–C) groups is 1. The van der Waals surface area contributed by atoms with E-state index in [1.165, 1.54) is 10.8 Å². The molecule has 2 atom stereocenters. The van der Waals surface area contributed by atoms with Gasteiger partial charge in [-0.15, -0.1) is 24.0 Å². The molecule has 0 spiro atoms. The lowest BCUT2D eigenvalue weighted by Gasteiger charge is -2.23. The molecule has 0 radical (unpaired) electrons. The van der Waals surface area contributed by atoms with Crippen molar-refractivity contribution in [2.24, 2.45) is 4.99 Å². The van der Waals surface area contributed by atoms with Gasteiger partial charge in [-0.25, -0.2) is 13.1 Å². The normalized spacial score (nSPS) is 18.3. The Bertz CT molecular complexity index is 957. The number of sulfonamides is 1. The number of benzene rings is 2. The SMILES string of the molecule is CN=C(NCCS(=O)(=O)NCC1CCCCO1)NC(C)c1cccc2ccccc12.I. The standard InChI is InChI=1S/C22H32N4O3S.HI/c1-17(20-12-7-9-18-8-3-4-11-21(18)20)26-22(23-2)24-13-15-30(27,28)25-16-19-10-5-6-14-29-19;/h3-4,7-9,11-12,17,19,25H,5-6,10,13-16H2,1-2H3,(H2,23,24,26);1H. The molecule has 0 bridgehead atoms. The minimum absolute atomic E-state index is 0. The highest BCUT2D eigenvalue weighted by atomic mass is 127. The summed E-state index contributed by atoms with van der Waals surface area (Å²) in [6.07, 6.45) is 3.03. The highest BCUT2D eigenvalue weighted by molar-refractivity contribution is 14.0. The van der Waals surface area contributed by atoms with Crippen LogP contribution in [-0.2, 0) is 14.8 Å². The van der Waals surface area contributed by atoms with E-state index in [9.17, 15) is 8.42 Å². The van der Waals surface area contributed by atoms with Gasteiger partial charge in [0, 0.05) is 26.7 Å². The first kappa shape index (κ1) is 25.8. The van der Waals surface area contributed by atoms with Crippen molar-refractivity contribution in [1.82, 2.24) is 15.4 Å². The molecule has 7 nitrogen and oxygen atoms in total. The van der Waals surface area contributed by atoms with Gasteiger partial charge in [0.1, 0.15) is 0 Å². The van der Waals surface area contributed by atoms with Crippen molar-refractivity contribution in [3.63, 3.8) is 0 Å². The van der Waals surface area contributed by atoms with Crippen molar-refractivity contribution in [3.8, 4) is 0 Å². The lowest BCUT2D eigenvalue weighted by Crippen LogP contribution is -2.43. The Hall–Kier alpha value is -1.43. The van der Waals surface area contributed by atoms with Gasteiger partial charge in [0.15, 0.2) is 5.96 Å². The van der Waals surface area contributed by atoms with Crippen LogP contribution in [0.5, 0.6) is 0 Å². The van der Waals surface area contributed by atoms with Gasteiger partial charge in [0.2, 0.25) is 10.0 Å². The molecule has 0 aliphatic carbocycles. The molecule has 1 fully saturated rings. The van der Waals surface area contributed by atoms with E-state index < -0.39 is 10.0 Å². The van der Waals surface area contributed by atoms with Gasteiger partial charge in [-0.1, -0.05) is 42.5 Å². The Labute approximate surface area is 202 Å². The fraction of sp³-hybridized carbons (Fsp3) is 0.500. The van der Waals surface area contributed by atoms with Crippen LogP contribution in [0.1, 0.15) is 37.8 Å². The van der Waals surface area contributed by atoms with Gasteiger partial charge >= 0.3 is 0 Å². The molecule has 2 unspecified atom stereocenters. The van der Waals surface area contributed by atoms with Gasteiger partial charge < -0.3 is 15.4 Å². The van der Waals surface area contributed by atoms with Crippen LogP contribution in [0.15, 0.2) is 47.5 Å². The van der Waals surface area contributed by atoms with Crippen LogP contribution in [-0.4, -0.2) is 53.0 Å². The van der Waals surface area contributed by atoms with Gasteiger partial charge in [0.25, 0.3) is 0 Å². The Morgan fingerprint density at radius 1 is 1.19 bits per heavy atom. The highest BCUT2D eigenvalue weighted by Crippen LogP contribution is 2.23. The summed E-state index contributed by atoms with van der Waals surface area (Å²) < 4.78 is 32.8. The quantitative estimate of drug-likeness (QED) is 0.262. The average molecular weight is 561 g/mol. The summed E-state index contributed by atoms with van der Waals surface area (Å²) in [7, 11) is -1.69. The molecule has 0 saturated carbocycles. The molecule has 31 heavy (non-hydrogen) atoms. The summed E-state index contributed by atoms with van der Waals surface area (Å²) in [5, 5.41) is 8.82. The number of rotatable bonds is 8. The number of nitrogens with one attached hydrogen (secondary N) is 3. The van der Waals surface area contributed by atoms with Crippen molar-refractivity contribution in [1.29, 1.82) is 0 Å². The molecule has 3 rings (SSSR count). The van der Waals surface area contributed by atoms with Crippen LogP contribution in [0.3, 0.4) is 0 Å². The Kier molecular flexibility index (Phi) is 10.5. The predicted octanol–water partition coefficient (Wildman–Crippen LogP) is 3.17. The number of hydrogen-bond donors (Lipinski definition) is 3. The van der Waals surface area contributed by atoms with E-state index in [0.717, 1.165) is 24.8 Å². The topological polar surface area (TPSA) is 91.8 Å². The van der Waals surface area contributed by atoms with Crippen molar-refractivity contribution in [3.05, 3.63) is 48.0 Å². The Balaban J connectivity index is 0.00000341. The Morgan fingerprint density at radius 3 is 2.71 bits per heavy atom. The van der Waals surface area contributed by atoms with Crippen molar-refractivity contribution in [2.75, 3.05) is 32.5 Å². The number of fused-ring (bicyclic) bond motifs is 1. The van der Waals surface area contributed by atoms with Gasteiger partial charge in [-0.3, -0.25) is 4.99 Å². The summed E-state index contributed by atoms with van der Waals surface area (Å²) in [4.78, 5) is 4.23. The molecule has 172 valence electrons. The maximum Gasteiger partial charge on any atom is 0.213 e. The van der Waals surface area contributed by atoms with Gasteiger partial charge in [-0.05, 0) is 42.5 Å². The van der Waals surface area contributed by atoms with E-state index in [0.29, 0.717) is 19.1 Å². The summed E-state index contributed by atoms with van der Waals surface area (Å²) in [6, 6.07) is 14.5. The largest absolute Gasteiger partial charge is 0.377 e. The molecule has 2 aromatic rings. The van der Waals surface area contributed by atoms with Crippen LogP contribution >= 0.6 is 24.0 Å². The fourth-order valence-electron chi connectivity index (χ4n) is 3.67. The lowest BCUT2D eigenvalue weighted by atomic mass is 10.00. The molecule has 1 heterocycles. The number of halogens is 1. The second-order valence-electron chi connectivity index (χ2n) is 7.59. The zero-order valence-electron chi connectivity index (χ0n) is 18.1. The summed E-state index contributed by atoms with van der Waals surface area (Å²) >= 11 is 0. The monoisotopic (exact) mass is 560 g/mol. The number of guanidine groups is 1. The number of hydrogen-bond acceptors (Lipinski definition) is 4. The van der Waals surface area contributed by atoms with Gasteiger partial charge in [0.05, 0.1) is 17.9 Å². The zero-order chi connectivity index (χ0) is 21.4. The third-order valence-corrected chi connectivity index (χ3v) is 6.68. The summed E-state index contributed by atoms with van der Waals surface area (Å²) in [6.45, 7) is 3.39. The van der Waals surface area contributed by atoms with Gasteiger partial charge in [-0.2, -0.15) is 0 Å². The first-order chi connectivity index (χ1) is 14.5. The van der Waals surface area contributed by atoms with Crippen LogP contribution in [0, 0.1) is 0 Å². The second-order valence-corrected chi connectivity index (χ2v) is 9.52. The molecule has 1 aliphatic heterocycles. The molecule has 1 saturated heterocycles. The maximum atomic E-state index is 12.3. The molecule has 3 N–H and O–H groups in total. The lowest BCUT2D eigenvalue weighted by molar-refractivity contribution is 0.0200.